The zero-order chi connectivity index (χ0) is 16.2. The summed E-state index contributed by atoms with van der Waals surface area (Å²) in [5.41, 5.74) is 3.04. The van der Waals surface area contributed by atoms with E-state index >= 15 is 0 Å². The SMILES string of the molecule is CCc1nc2ccccn2c1NCc1cccc(OC)c1OC. The maximum Gasteiger partial charge on any atom is 0.165 e. The van der Waals surface area contributed by atoms with Gasteiger partial charge in [0.15, 0.2) is 11.5 Å². The highest BCUT2D eigenvalue weighted by Crippen LogP contribution is 2.31. The minimum atomic E-state index is 0.635. The molecular formula is C18H21N3O2. The van der Waals surface area contributed by atoms with Crippen molar-refractivity contribution in [2.24, 2.45) is 0 Å². The summed E-state index contributed by atoms with van der Waals surface area (Å²) in [6.07, 6.45) is 2.89. The third-order valence-electron chi connectivity index (χ3n) is 3.87. The standard InChI is InChI=1S/C18H21N3O2/c1-4-14-18(21-11-6-5-10-16(21)20-14)19-12-13-8-7-9-15(22-2)17(13)23-3/h5-11,19H,4,12H2,1-3H3. The normalized spacial score (nSPS) is 10.7. The molecule has 0 amide bonds. The second kappa shape index (κ2) is 6.60. The molecule has 0 aliphatic heterocycles. The summed E-state index contributed by atoms with van der Waals surface area (Å²) >= 11 is 0. The Morgan fingerprint density at radius 2 is 1.96 bits per heavy atom. The highest BCUT2D eigenvalue weighted by molar-refractivity contribution is 5.56. The summed E-state index contributed by atoms with van der Waals surface area (Å²) in [7, 11) is 3.31. The van der Waals surface area contributed by atoms with Crippen molar-refractivity contribution in [2.75, 3.05) is 19.5 Å². The van der Waals surface area contributed by atoms with E-state index in [0.29, 0.717) is 6.54 Å². The van der Waals surface area contributed by atoms with Crippen LogP contribution < -0.4 is 14.8 Å². The fourth-order valence-corrected chi connectivity index (χ4v) is 2.75. The van der Waals surface area contributed by atoms with Crippen molar-refractivity contribution >= 4 is 11.5 Å². The Bertz CT molecular complexity index is 811. The fourth-order valence-electron chi connectivity index (χ4n) is 2.75. The number of ether oxygens (including phenoxy) is 2. The summed E-state index contributed by atoms with van der Waals surface area (Å²) in [5, 5.41) is 3.49. The number of benzene rings is 1. The van der Waals surface area contributed by atoms with Gasteiger partial charge in [0.05, 0.1) is 19.9 Å². The summed E-state index contributed by atoms with van der Waals surface area (Å²) < 4.78 is 12.9. The molecule has 2 heterocycles. The minimum absolute atomic E-state index is 0.635. The number of fused-ring (bicyclic) bond motifs is 1. The average molecular weight is 311 g/mol. The van der Waals surface area contributed by atoms with Crippen LogP contribution in [0.4, 0.5) is 5.82 Å². The number of methoxy groups -OCH3 is 2. The van der Waals surface area contributed by atoms with E-state index in [4.69, 9.17) is 9.47 Å². The summed E-state index contributed by atoms with van der Waals surface area (Å²) in [4.78, 5) is 4.66. The van der Waals surface area contributed by atoms with Gasteiger partial charge in [-0.1, -0.05) is 25.1 Å². The number of aryl methyl sites for hydroxylation is 1. The van der Waals surface area contributed by atoms with Crippen LogP contribution in [0.15, 0.2) is 42.6 Å². The number of hydrogen-bond acceptors (Lipinski definition) is 4. The molecule has 3 rings (SSSR count). The summed E-state index contributed by atoms with van der Waals surface area (Å²) in [6.45, 7) is 2.75. The smallest absolute Gasteiger partial charge is 0.165 e. The highest BCUT2D eigenvalue weighted by atomic mass is 16.5. The third-order valence-corrected chi connectivity index (χ3v) is 3.87. The van der Waals surface area contributed by atoms with E-state index in [2.05, 4.69) is 21.6 Å². The summed E-state index contributed by atoms with van der Waals surface area (Å²) in [6, 6.07) is 11.9. The number of para-hydroxylation sites is 1. The van der Waals surface area contributed by atoms with Gasteiger partial charge >= 0.3 is 0 Å². The van der Waals surface area contributed by atoms with E-state index < -0.39 is 0 Å². The lowest BCUT2D eigenvalue weighted by Crippen LogP contribution is -2.06. The Balaban J connectivity index is 1.92. The molecule has 0 bridgehead atoms. The second-order valence-corrected chi connectivity index (χ2v) is 5.20. The van der Waals surface area contributed by atoms with E-state index in [1.807, 2.05) is 42.6 Å². The molecule has 0 aliphatic carbocycles. The number of anilines is 1. The second-order valence-electron chi connectivity index (χ2n) is 5.20. The van der Waals surface area contributed by atoms with Gasteiger partial charge < -0.3 is 14.8 Å². The molecule has 5 heteroatoms. The maximum absolute atomic E-state index is 5.49. The zero-order valence-electron chi connectivity index (χ0n) is 13.7. The molecule has 120 valence electrons. The molecule has 0 atom stereocenters. The van der Waals surface area contributed by atoms with Crippen LogP contribution in [-0.2, 0) is 13.0 Å². The molecule has 0 radical (unpaired) electrons. The first kappa shape index (κ1) is 15.2. The van der Waals surface area contributed by atoms with Crippen LogP contribution >= 0.6 is 0 Å². The molecule has 2 aromatic heterocycles. The van der Waals surface area contributed by atoms with Gasteiger partial charge in [-0.2, -0.15) is 0 Å². The molecule has 0 fully saturated rings. The predicted molar refractivity (Wildman–Crippen MR) is 91.4 cm³/mol. The van der Waals surface area contributed by atoms with Gasteiger partial charge in [0.1, 0.15) is 11.5 Å². The zero-order valence-corrected chi connectivity index (χ0v) is 13.7. The van der Waals surface area contributed by atoms with E-state index in [0.717, 1.165) is 40.6 Å². The van der Waals surface area contributed by atoms with Crippen molar-refractivity contribution in [3.63, 3.8) is 0 Å². The summed E-state index contributed by atoms with van der Waals surface area (Å²) in [5.74, 6) is 2.52. The van der Waals surface area contributed by atoms with E-state index in [9.17, 15) is 0 Å². The quantitative estimate of drug-likeness (QED) is 0.756. The van der Waals surface area contributed by atoms with Gasteiger partial charge in [-0.15, -0.1) is 0 Å². The Labute approximate surface area is 135 Å². The molecule has 0 unspecified atom stereocenters. The molecule has 0 spiro atoms. The van der Waals surface area contributed by atoms with Crippen molar-refractivity contribution in [3.05, 3.63) is 53.9 Å². The number of nitrogens with zero attached hydrogens (tertiary/aromatic N) is 2. The molecule has 5 nitrogen and oxygen atoms in total. The number of nitrogens with one attached hydrogen (secondary N) is 1. The van der Waals surface area contributed by atoms with Crippen LogP contribution in [0.2, 0.25) is 0 Å². The van der Waals surface area contributed by atoms with Crippen LogP contribution in [0.5, 0.6) is 11.5 Å². The number of hydrogen-bond donors (Lipinski definition) is 1. The van der Waals surface area contributed by atoms with Crippen molar-refractivity contribution in [2.45, 2.75) is 19.9 Å². The molecule has 1 aromatic carbocycles. The van der Waals surface area contributed by atoms with Crippen LogP contribution in [0, 0.1) is 0 Å². The fraction of sp³-hybridized carbons (Fsp3) is 0.278. The van der Waals surface area contributed by atoms with Crippen LogP contribution in [-0.4, -0.2) is 23.6 Å². The molecule has 0 aliphatic rings. The average Bonchev–Trinajstić information content (AvgIpc) is 2.97. The van der Waals surface area contributed by atoms with E-state index in [-0.39, 0.29) is 0 Å². The van der Waals surface area contributed by atoms with Gasteiger partial charge in [0, 0.05) is 18.3 Å². The first-order valence-electron chi connectivity index (χ1n) is 7.68. The molecule has 23 heavy (non-hydrogen) atoms. The monoisotopic (exact) mass is 311 g/mol. The lowest BCUT2D eigenvalue weighted by atomic mass is 10.2. The van der Waals surface area contributed by atoms with Crippen molar-refractivity contribution < 1.29 is 9.47 Å². The topological polar surface area (TPSA) is 47.8 Å². The van der Waals surface area contributed by atoms with Crippen LogP contribution in [0.25, 0.3) is 5.65 Å². The number of rotatable bonds is 6. The van der Waals surface area contributed by atoms with Crippen LogP contribution in [0.3, 0.4) is 0 Å². The predicted octanol–water partition coefficient (Wildman–Crippen LogP) is 3.53. The van der Waals surface area contributed by atoms with Gasteiger partial charge in [-0.05, 0) is 24.6 Å². The van der Waals surface area contributed by atoms with Crippen LogP contribution in [0.1, 0.15) is 18.2 Å². The third kappa shape index (κ3) is 2.82. The molecule has 3 aromatic rings. The molecule has 0 saturated heterocycles. The highest BCUT2D eigenvalue weighted by Gasteiger charge is 2.13. The van der Waals surface area contributed by atoms with Gasteiger partial charge in [-0.25, -0.2) is 4.98 Å². The number of pyridine rings is 1. The van der Waals surface area contributed by atoms with Gasteiger partial charge in [0.25, 0.3) is 0 Å². The molecule has 0 saturated carbocycles. The number of imidazole rings is 1. The minimum Gasteiger partial charge on any atom is -0.493 e. The maximum atomic E-state index is 5.49. The Hall–Kier alpha value is -2.69. The van der Waals surface area contributed by atoms with E-state index in [1.54, 1.807) is 14.2 Å². The van der Waals surface area contributed by atoms with Gasteiger partial charge in [-0.3, -0.25) is 4.40 Å². The molecular weight excluding hydrogens is 290 g/mol. The first-order chi connectivity index (χ1) is 11.3. The lowest BCUT2D eigenvalue weighted by molar-refractivity contribution is 0.352. The Morgan fingerprint density at radius 1 is 1.09 bits per heavy atom. The lowest BCUT2D eigenvalue weighted by Gasteiger charge is -2.14. The van der Waals surface area contributed by atoms with Crippen molar-refractivity contribution in [3.8, 4) is 11.5 Å². The van der Waals surface area contributed by atoms with Gasteiger partial charge in [0.2, 0.25) is 0 Å². The largest absolute Gasteiger partial charge is 0.493 e. The molecule has 1 N–H and O–H groups in total. The van der Waals surface area contributed by atoms with Crippen molar-refractivity contribution in [1.82, 2.24) is 9.38 Å². The Morgan fingerprint density at radius 3 is 2.70 bits per heavy atom. The van der Waals surface area contributed by atoms with E-state index in [1.165, 1.54) is 0 Å². The van der Waals surface area contributed by atoms with Crippen molar-refractivity contribution in [1.29, 1.82) is 0 Å². The number of aromatic nitrogens is 2. The first-order valence-corrected chi connectivity index (χ1v) is 7.68. The Kier molecular flexibility index (Phi) is 4.37.